The second kappa shape index (κ2) is 2.64. The van der Waals surface area contributed by atoms with E-state index in [9.17, 15) is 0 Å². The van der Waals surface area contributed by atoms with Crippen molar-refractivity contribution in [3.63, 3.8) is 0 Å². The van der Waals surface area contributed by atoms with Gasteiger partial charge in [0.2, 0.25) is 0 Å². The van der Waals surface area contributed by atoms with Crippen LogP contribution < -0.4 is 0 Å². The number of rotatable bonds is 0. The molecule has 0 N–H and O–H groups in total. The normalized spacial score (nSPS) is 9.25. The number of aromatic nitrogens is 1. The lowest BCUT2D eigenvalue weighted by Crippen LogP contribution is -1.76. The summed E-state index contributed by atoms with van der Waals surface area (Å²) in [7, 11) is 0. The Kier molecular flexibility index (Phi) is 2.08. The van der Waals surface area contributed by atoms with Crippen LogP contribution in [0, 0.1) is 3.70 Å². The highest BCUT2D eigenvalue weighted by Gasteiger charge is 1.90. The highest BCUT2D eigenvalue weighted by atomic mass is 127. The SMILES string of the molecule is Clc1cccnc1I. The molecule has 1 aromatic rings. The molecule has 0 saturated carbocycles. The summed E-state index contributed by atoms with van der Waals surface area (Å²) < 4.78 is 0.853. The summed E-state index contributed by atoms with van der Waals surface area (Å²) in [5, 5.41) is 0.716. The number of hydrogen-bond acceptors (Lipinski definition) is 1. The Morgan fingerprint density at radius 3 is 2.75 bits per heavy atom. The van der Waals surface area contributed by atoms with Crippen LogP contribution in [0.3, 0.4) is 0 Å². The predicted octanol–water partition coefficient (Wildman–Crippen LogP) is 2.34. The quantitative estimate of drug-likeness (QED) is 0.500. The molecular formula is C5H3ClIN. The molecule has 0 spiro atoms. The summed E-state index contributed by atoms with van der Waals surface area (Å²) in [6.07, 6.45) is 1.72. The van der Waals surface area contributed by atoms with Crippen molar-refractivity contribution in [2.45, 2.75) is 0 Å². The molecule has 0 atom stereocenters. The van der Waals surface area contributed by atoms with Crippen molar-refractivity contribution in [3.05, 3.63) is 27.1 Å². The second-order valence-electron chi connectivity index (χ2n) is 1.28. The topological polar surface area (TPSA) is 12.9 Å². The van der Waals surface area contributed by atoms with E-state index in [0.29, 0.717) is 5.02 Å². The fourth-order valence-corrected chi connectivity index (χ4v) is 0.829. The zero-order valence-electron chi connectivity index (χ0n) is 3.94. The van der Waals surface area contributed by atoms with Crippen LogP contribution >= 0.6 is 34.2 Å². The average Bonchev–Trinajstić information content (AvgIpc) is 1.77. The summed E-state index contributed by atoms with van der Waals surface area (Å²) in [6, 6.07) is 3.63. The van der Waals surface area contributed by atoms with E-state index in [4.69, 9.17) is 11.6 Å². The van der Waals surface area contributed by atoms with Crippen LogP contribution in [0.5, 0.6) is 0 Å². The van der Waals surface area contributed by atoms with E-state index in [-0.39, 0.29) is 0 Å². The van der Waals surface area contributed by atoms with Gasteiger partial charge in [-0.2, -0.15) is 0 Å². The summed E-state index contributed by atoms with van der Waals surface area (Å²) in [4.78, 5) is 3.93. The zero-order chi connectivity index (χ0) is 5.98. The van der Waals surface area contributed by atoms with E-state index >= 15 is 0 Å². The Morgan fingerprint density at radius 1 is 1.62 bits per heavy atom. The minimum absolute atomic E-state index is 0.716. The molecule has 0 bridgehead atoms. The van der Waals surface area contributed by atoms with Gasteiger partial charge in [0, 0.05) is 6.20 Å². The number of halogens is 2. The maximum Gasteiger partial charge on any atom is 0.119 e. The van der Waals surface area contributed by atoms with Gasteiger partial charge in [-0.3, -0.25) is 0 Å². The highest BCUT2D eigenvalue weighted by molar-refractivity contribution is 14.1. The van der Waals surface area contributed by atoms with Gasteiger partial charge in [-0.25, -0.2) is 4.98 Å². The molecule has 1 aromatic heterocycles. The van der Waals surface area contributed by atoms with Crippen LogP contribution in [-0.4, -0.2) is 4.98 Å². The van der Waals surface area contributed by atoms with E-state index in [1.54, 1.807) is 6.20 Å². The third-order valence-electron chi connectivity index (χ3n) is 0.714. The lowest BCUT2D eigenvalue weighted by molar-refractivity contribution is 1.27. The largest absolute Gasteiger partial charge is 0.249 e. The van der Waals surface area contributed by atoms with Crippen molar-refractivity contribution < 1.29 is 0 Å². The first-order valence-electron chi connectivity index (χ1n) is 2.07. The Bertz CT molecular complexity index is 169. The maximum absolute atomic E-state index is 5.64. The molecular weight excluding hydrogens is 236 g/mol. The summed E-state index contributed by atoms with van der Waals surface area (Å²) in [6.45, 7) is 0. The molecule has 8 heavy (non-hydrogen) atoms. The fraction of sp³-hybridized carbons (Fsp3) is 0. The summed E-state index contributed by atoms with van der Waals surface area (Å²) in [5.74, 6) is 0. The van der Waals surface area contributed by atoms with Gasteiger partial charge in [-0.15, -0.1) is 0 Å². The molecule has 0 aliphatic heterocycles. The van der Waals surface area contributed by atoms with Crippen molar-refractivity contribution in [2.24, 2.45) is 0 Å². The zero-order valence-corrected chi connectivity index (χ0v) is 6.85. The van der Waals surface area contributed by atoms with Gasteiger partial charge in [0.15, 0.2) is 0 Å². The molecule has 0 amide bonds. The third-order valence-corrected chi connectivity index (χ3v) is 2.20. The lowest BCUT2D eigenvalue weighted by Gasteiger charge is -1.88. The van der Waals surface area contributed by atoms with Gasteiger partial charge in [0.1, 0.15) is 3.70 Å². The Morgan fingerprint density at radius 2 is 2.38 bits per heavy atom. The van der Waals surface area contributed by atoms with Gasteiger partial charge in [0.05, 0.1) is 5.02 Å². The van der Waals surface area contributed by atoms with Crippen LogP contribution in [0.15, 0.2) is 18.3 Å². The van der Waals surface area contributed by atoms with Crippen LogP contribution in [0.4, 0.5) is 0 Å². The van der Waals surface area contributed by atoms with Crippen molar-refractivity contribution >= 4 is 34.2 Å². The van der Waals surface area contributed by atoms with Gasteiger partial charge in [0.25, 0.3) is 0 Å². The Balaban J connectivity index is 3.13. The standard InChI is InChI=1S/C5H3ClIN/c6-4-2-1-3-8-5(4)7/h1-3H. The Labute approximate surface area is 66.2 Å². The van der Waals surface area contributed by atoms with E-state index in [1.807, 2.05) is 12.1 Å². The molecule has 42 valence electrons. The lowest BCUT2D eigenvalue weighted by atomic mass is 10.5. The van der Waals surface area contributed by atoms with Gasteiger partial charge >= 0.3 is 0 Å². The first-order chi connectivity index (χ1) is 3.80. The number of hydrogen-bond donors (Lipinski definition) is 0. The molecule has 0 saturated heterocycles. The van der Waals surface area contributed by atoms with Crippen LogP contribution in [0.25, 0.3) is 0 Å². The average molecular weight is 239 g/mol. The Hall–Kier alpha value is 0.170. The van der Waals surface area contributed by atoms with Gasteiger partial charge in [-0.05, 0) is 34.7 Å². The van der Waals surface area contributed by atoms with Gasteiger partial charge < -0.3 is 0 Å². The minimum Gasteiger partial charge on any atom is -0.249 e. The van der Waals surface area contributed by atoms with Crippen LogP contribution in [-0.2, 0) is 0 Å². The molecule has 3 heteroatoms. The molecule has 1 nitrogen and oxygen atoms in total. The maximum atomic E-state index is 5.64. The second-order valence-corrected chi connectivity index (χ2v) is 2.71. The number of nitrogens with zero attached hydrogens (tertiary/aromatic N) is 1. The van der Waals surface area contributed by atoms with Crippen LogP contribution in [0.2, 0.25) is 5.02 Å². The molecule has 1 rings (SSSR count). The van der Waals surface area contributed by atoms with Crippen molar-refractivity contribution in [1.29, 1.82) is 0 Å². The van der Waals surface area contributed by atoms with Crippen LogP contribution in [0.1, 0.15) is 0 Å². The van der Waals surface area contributed by atoms with Crippen molar-refractivity contribution in [3.8, 4) is 0 Å². The number of pyridine rings is 1. The van der Waals surface area contributed by atoms with E-state index in [0.717, 1.165) is 3.70 Å². The third kappa shape index (κ3) is 1.32. The predicted molar refractivity (Wildman–Crippen MR) is 42.0 cm³/mol. The van der Waals surface area contributed by atoms with Gasteiger partial charge in [-0.1, -0.05) is 11.6 Å². The monoisotopic (exact) mass is 239 g/mol. The summed E-state index contributed by atoms with van der Waals surface area (Å²) >= 11 is 7.72. The molecule has 0 radical (unpaired) electrons. The molecule has 0 unspecified atom stereocenters. The fourth-order valence-electron chi connectivity index (χ4n) is 0.366. The first kappa shape index (κ1) is 6.29. The van der Waals surface area contributed by atoms with Crippen molar-refractivity contribution in [2.75, 3.05) is 0 Å². The minimum atomic E-state index is 0.716. The van der Waals surface area contributed by atoms with E-state index < -0.39 is 0 Å². The summed E-state index contributed by atoms with van der Waals surface area (Å²) in [5.41, 5.74) is 0. The molecule has 0 aromatic carbocycles. The molecule has 0 fully saturated rings. The first-order valence-corrected chi connectivity index (χ1v) is 3.52. The van der Waals surface area contributed by atoms with E-state index in [1.165, 1.54) is 0 Å². The highest BCUT2D eigenvalue weighted by Crippen LogP contribution is 2.12. The molecule has 0 aliphatic carbocycles. The molecule has 1 heterocycles. The van der Waals surface area contributed by atoms with E-state index in [2.05, 4.69) is 27.6 Å². The molecule has 0 aliphatic rings. The smallest absolute Gasteiger partial charge is 0.119 e. The van der Waals surface area contributed by atoms with Crippen molar-refractivity contribution in [1.82, 2.24) is 4.98 Å².